The molecule has 19 heavy (non-hydrogen) atoms. The van der Waals surface area contributed by atoms with Gasteiger partial charge < -0.3 is 15.7 Å². The molecule has 3 N–H and O–H groups in total. The molecule has 0 aliphatic heterocycles. The molecular weight excluding hydrogens is 308 g/mol. The van der Waals surface area contributed by atoms with E-state index in [1.165, 1.54) is 0 Å². The number of amides is 1. The third-order valence-corrected chi connectivity index (χ3v) is 3.07. The number of benzene rings is 1. The van der Waals surface area contributed by atoms with Crippen molar-refractivity contribution in [2.24, 2.45) is 5.92 Å². The summed E-state index contributed by atoms with van der Waals surface area (Å²) >= 11 is 3.34. The van der Waals surface area contributed by atoms with Gasteiger partial charge in [-0.05, 0) is 36.6 Å². The van der Waals surface area contributed by atoms with E-state index in [1.54, 1.807) is 0 Å². The summed E-state index contributed by atoms with van der Waals surface area (Å²) in [6.45, 7) is 4.75. The maximum Gasteiger partial charge on any atom is 0.238 e. The summed E-state index contributed by atoms with van der Waals surface area (Å²) in [6.07, 6.45) is 0.335. The van der Waals surface area contributed by atoms with Crippen LogP contribution in [0.2, 0.25) is 0 Å². The average molecular weight is 329 g/mol. The summed E-state index contributed by atoms with van der Waals surface area (Å²) in [4.78, 5) is 11.6. The predicted octanol–water partition coefficient (Wildman–Crippen LogP) is 2.38. The highest BCUT2D eigenvalue weighted by Gasteiger charge is 2.07. The molecular formula is C14H21BrN2O2. The van der Waals surface area contributed by atoms with Crippen LogP contribution in [0.1, 0.15) is 20.3 Å². The minimum absolute atomic E-state index is 0.112. The van der Waals surface area contributed by atoms with Crippen molar-refractivity contribution < 1.29 is 9.90 Å². The summed E-state index contributed by atoms with van der Waals surface area (Å²) in [5.41, 5.74) is 0.762. The topological polar surface area (TPSA) is 61.4 Å². The highest BCUT2D eigenvalue weighted by atomic mass is 79.9. The molecule has 0 saturated heterocycles. The molecule has 1 aromatic carbocycles. The summed E-state index contributed by atoms with van der Waals surface area (Å²) < 4.78 is 0.973. The van der Waals surface area contributed by atoms with Crippen molar-refractivity contribution in [2.75, 3.05) is 18.4 Å². The highest BCUT2D eigenvalue weighted by Crippen LogP contribution is 2.13. The van der Waals surface area contributed by atoms with Gasteiger partial charge in [0, 0.05) is 16.7 Å². The fraction of sp³-hybridized carbons (Fsp3) is 0.500. The third-order valence-electron chi connectivity index (χ3n) is 2.54. The zero-order chi connectivity index (χ0) is 14.3. The highest BCUT2D eigenvalue weighted by molar-refractivity contribution is 9.10. The van der Waals surface area contributed by atoms with Crippen LogP contribution >= 0.6 is 15.9 Å². The SMILES string of the molecule is CC(C)CC(O)CNCC(=O)Nc1ccc(Br)cc1. The van der Waals surface area contributed by atoms with Crippen LogP contribution in [0.25, 0.3) is 0 Å². The van der Waals surface area contributed by atoms with Crippen LogP contribution in [-0.2, 0) is 4.79 Å². The van der Waals surface area contributed by atoms with Gasteiger partial charge >= 0.3 is 0 Å². The second-order valence-corrected chi connectivity index (χ2v) is 5.89. The molecule has 5 heteroatoms. The first-order valence-electron chi connectivity index (χ1n) is 6.41. The number of halogens is 1. The number of rotatable bonds is 7. The van der Waals surface area contributed by atoms with Crippen LogP contribution in [0.3, 0.4) is 0 Å². The molecule has 1 atom stereocenters. The fourth-order valence-electron chi connectivity index (χ4n) is 1.72. The average Bonchev–Trinajstić information content (AvgIpc) is 2.31. The Morgan fingerprint density at radius 2 is 1.95 bits per heavy atom. The number of nitrogens with one attached hydrogen (secondary N) is 2. The normalized spacial score (nSPS) is 12.5. The Balaban J connectivity index is 2.23. The van der Waals surface area contributed by atoms with Gasteiger partial charge in [0.05, 0.1) is 12.6 Å². The molecule has 0 aliphatic carbocycles. The van der Waals surface area contributed by atoms with E-state index < -0.39 is 6.10 Å². The van der Waals surface area contributed by atoms with Crippen molar-refractivity contribution >= 4 is 27.5 Å². The van der Waals surface area contributed by atoms with Gasteiger partial charge in [0.15, 0.2) is 0 Å². The molecule has 0 aromatic heterocycles. The summed E-state index contributed by atoms with van der Waals surface area (Å²) in [6, 6.07) is 7.40. The van der Waals surface area contributed by atoms with Gasteiger partial charge in [-0.2, -0.15) is 0 Å². The van der Waals surface area contributed by atoms with Gasteiger partial charge in [-0.15, -0.1) is 0 Å². The monoisotopic (exact) mass is 328 g/mol. The van der Waals surface area contributed by atoms with Gasteiger partial charge in [0.1, 0.15) is 0 Å². The first-order chi connectivity index (χ1) is 8.97. The van der Waals surface area contributed by atoms with Gasteiger partial charge in [-0.3, -0.25) is 4.79 Å². The van der Waals surface area contributed by atoms with E-state index in [0.29, 0.717) is 12.5 Å². The summed E-state index contributed by atoms with van der Waals surface area (Å²) in [7, 11) is 0. The van der Waals surface area contributed by atoms with Crippen LogP contribution in [0, 0.1) is 5.92 Å². The molecule has 4 nitrogen and oxygen atoms in total. The molecule has 0 spiro atoms. The van der Waals surface area contributed by atoms with Gasteiger partial charge in [0.2, 0.25) is 5.91 Å². The Morgan fingerprint density at radius 3 is 2.53 bits per heavy atom. The zero-order valence-corrected chi connectivity index (χ0v) is 12.9. The zero-order valence-electron chi connectivity index (χ0n) is 11.3. The number of carbonyl (C=O) groups excluding carboxylic acids is 1. The second-order valence-electron chi connectivity index (χ2n) is 4.97. The number of hydrogen-bond acceptors (Lipinski definition) is 3. The Morgan fingerprint density at radius 1 is 1.32 bits per heavy atom. The molecule has 1 amide bonds. The molecule has 0 bridgehead atoms. The van der Waals surface area contributed by atoms with Crippen molar-refractivity contribution in [3.63, 3.8) is 0 Å². The molecule has 0 aliphatic rings. The first kappa shape index (κ1) is 16.1. The maximum absolute atomic E-state index is 11.6. The van der Waals surface area contributed by atoms with E-state index in [0.717, 1.165) is 16.6 Å². The molecule has 0 radical (unpaired) electrons. The third kappa shape index (κ3) is 7.30. The largest absolute Gasteiger partial charge is 0.392 e. The number of aliphatic hydroxyl groups is 1. The number of carbonyl (C=O) groups is 1. The molecule has 1 unspecified atom stereocenters. The Hall–Kier alpha value is -0.910. The van der Waals surface area contributed by atoms with Crippen molar-refractivity contribution in [1.82, 2.24) is 5.32 Å². The standard InChI is InChI=1S/C14H21BrN2O2/c1-10(2)7-13(18)8-16-9-14(19)17-12-5-3-11(15)4-6-12/h3-6,10,13,16,18H,7-9H2,1-2H3,(H,17,19). The van der Waals surface area contributed by atoms with Crippen molar-refractivity contribution in [3.8, 4) is 0 Å². The van der Waals surface area contributed by atoms with Crippen molar-refractivity contribution in [2.45, 2.75) is 26.4 Å². The smallest absolute Gasteiger partial charge is 0.238 e. The minimum Gasteiger partial charge on any atom is -0.392 e. The second kappa shape index (κ2) is 8.30. The van der Waals surface area contributed by atoms with Crippen LogP contribution in [0.4, 0.5) is 5.69 Å². The van der Waals surface area contributed by atoms with Crippen molar-refractivity contribution in [1.29, 1.82) is 0 Å². The lowest BCUT2D eigenvalue weighted by molar-refractivity contribution is -0.115. The van der Waals surface area contributed by atoms with E-state index in [2.05, 4.69) is 40.4 Å². The Bertz CT molecular complexity index is 393. The van der Waals surface area contributed by atoms with E-state index in [1.807, 2.05) is 24.3 Å². The van der Waals surface area contributed by atoms with E-state index in [9.17, 15) is 9.90 Å². The maximum atomic E-state index is 11.6. The molecule has 1 rings (SSSR count). The van der Waals surface area contributed by atoms with E-state index >= 15 is 0 Å². The summed E-state index contributed by atoms with van der Waals surface area (Å²) in [5.74, 6) is 0.340. The molecule has 1 aromatic rings. The van der Waals surface area contributed by atoms with Crippen LogP contribution in [0.5, 0.6) is 0 Å². The van der Waals surface area contributed by atoms with Gasteiger partial charge in [0.25, 0.3) is 0 Å². The van der Waals surface area contributed by atoms with Crippen LogP contribution in [-0.4, -0.2) is 30.2 Å². The fourth-order valence-corrected chi connectivity index (χ4v) is 1.98. The summed E-state index contributed by atoms with van der Waals surface area (Å²) in [5, 5.41) is 15.4. The molecule has 0 fully saturated rings. The Labute approximate surface area is 122 Å². The first-order valence-corrected chi connectivity index (χ1v) is 7.21. The number of anilines is 1. The predicted molar refractivity (Wildman–Crippen MR) is 81.1 cm³/mol. The number of hydrogen-bond donors (Lipinski definition) is 3. The van der Waals surface area contributed by atoms with Crippen LogP contribution < -0.4 is 10.6 Å². The Kier molecular flexibility index (Phi) is 7.05. The van der Waals surface area contributed by atoms with E-state index in [-0.39, 0.29) is 12.5 Å². The lowest BCUT2D eigenvalue weighted by Crippen LogP contribution is -2.34. The van der Waals surface area contributed by atoms with E-state index in [4.69, 9.17) is 0 Å². The minimum atomic E-state index is -0.402. The van der Waals surface area contributed by atoms with Gasteiger partial charge in [-0.1, -0.05) is 29.8 Å². The van der Waals surface area contributed by atoms with Crippen LogP contribution in [0.15, 0.2) is 28.7 Å². The lowest BCUT2D eigenvalue weighted by atomic mass is 10.1. The van der Waals surface area contributed by atoms with Crippen molar-refractivity contribution in [3.05, 3.63) is 28.7 Å². The quantitative estimate of drug-likeness (QED) is 0.720. The molecule has 106 valence electrons. The molecule has 0 heterocycles. The lowest BCUT2D eigenvalue weighted by Gasteiger charge is -2.13. The molecule has 0 saturated carbocycles. The number of aliphatic hydroxyl groups excluding tert-OH is 1. The van der Waals surface area contributed by atoms with Gasteiger partial charge in [-0.25, -0.2) is 0 Å².